The van der Waals surface area contributed by atoms with Crippen LogP contribution < -0.4 is 5.32 Å². The van der Waals surface area contributed by atoms with E-state index in [0.29, 0.717) is 6.54 Å². The van der Waals surface area contributed by atoms with Crippen LogP contribution in [0.5, 0.6) is 0 Å². The van der Waals surface area contributed by atoms with E-state index in [1.807, 2.05) is 19.3 Å². The molecule has 0 spiro atoms. The minimum atomic E-state index is -0.695. The van der Waals surface area contributed by atoms with Crippen molar-refractivity contribution in [1.29, 1.82) is 0 Å². The first-order chi connectivity index (χ1) is 7.16. The van der Waals surface area contributed by atoms with E-state index in [-0.39, 0.29) is 12.0 Å². The molecule has 2 atom stereocenters. The van der Waals surface area contributed by atoms with Crippen molar-refractivity contribution in [2.45, 2.75) is 25.4 Å². The second-order valence-electron chi connectivity index (χ2n) is 3.99. The van der Waals surface area contributed by atoms with E-state index in [2.05, 4.69) is 10.4 Å². The Labute approximate surface area is 88.1 Å². The summed E-state index contributed by atoms with van der Waals surface area (Å²) in [5.41, 5.74) is 0.952. The highest BCUT2D eigenvalue weighted by Gasteiger charge is 2.35. The van der Waals surface area contributed by atoms with Crippen LogP contribution >= 0.6 is 0 Å². The quantitative estimate of drug-likeness (QED) is 0.752. The zero-order valence-electron chi connectivity index (χ0n) is 8.68. The maximum absolute atomic E-state index is 10.7. The van der Waals surface area contributed by atoms with Gasteiger partial charge >= 0.3 is 5.97 Å². The smallest absolute Gasteiger partial charge is 0.308 e. The van der Waals surface area contributed by atoms with Gasteiger partial charge in [-0.25, -0.2) is 0 Å². The number of rotatable bonds is 4. The average molecular weight is 209 g/mol. The summed E-state index contributed by atoms with van der Waals surface area (Å²) in [5, 5.41) is 16.3. The predicted octanol–water partition coefficient (Wildman–Crippen LogP) is 0.373. The van der Waals surface area contributed by atoms with Gasteiger partial charge in [-0.1, -0.05) is 0 Å². The molecule has 82 valence electrons. The molecule has 1 saturated carbocycles. The summed E-state index contributed by atoms with van der Waals surface area (Å²) in [6, 6.07) is 2.05. The molecule has 0 aliphatic heterocycles. The Morgan fingerprint density at radius 1 is 1.73 bits per heavy atom. The second kappa shape index (κ2) is 4.02. The maximum atomic E-state index is 10.7. The van der Waals surface area contributed by atoms with Crippen LogP contribution in [-0.4, -0.2) is 26.9 Å². The first-order valence-electron chi connectivity index (χ1n) is 5.11. The summed E-state index contributed by atoms with van der Waals surface area (Å²) in [7, 11) is 1.87. The van der Waals surface area contributed by atoms with E-state index in [1.54, 1.807) is 4.68 Å². The summed E-state index contributed by atoms with van der Waals surface area (Å²) in [4.78, 5) is 10.7. The van der Waals surface area contributed by atoms with Crippen LogP contribution in [0, 0.1) is 5.92 Å². The molecular weight excluding hydrogens is 194 g/mol. The molecule has 1 aromatic rings. The van der Waals surface area contributed by atoms with Gasteiger partial charge < -0.3 is 10.4 Å². The van der Waals surface area contributed by atoms with Gasteiger partial charge in [-0.05, 0) is 18.9 Å². The van der Waals surface area contributed by atoms with Crippen molar-refractivity contribution in [3.63, 3.8) is 0 Å². The van der Waals surface area contributed by atoms with Crippen molar-refractivity contribution >= 4 is 5.97 Å². The number of carboxylic acids is 1. The van der Waals surface area contributed by atoms with Gasteiger partial charge in [-0.15, -0.1) is 0 Å². The van der Waals surface area contributed by atoms with Crippen LogP contribution in [0.25, 0.3) is 0 Å². The topological polar surface area (TPSA) is 67.2 Å². The third-order valence-corrected chi connectivity index (χ3v) is 2.91. The van der Waals surface area contributed by atoms with Crippen LogP contribution in [-0.2, 0) is 18.4 Å². The molecule has 5 heteroatoms. The first-order valence-corrected chi connectivity index (χ1v) is 5.11. The number of carboxylic acid groups (broad SMARTS) is 1. The van der Waals surface area contributed by atoms with Gasteiger partial charge in [0.15, 0.2) is 0 Å². The van der Waals surface area contributed by atoms with Crippen LogP contribution in [0.15, 0.2) is 12.3 Å². The largest absolute Gasteiger partial charge is 0.481 e. The lowest BCUT2D eigenvalue weighted by molar-refractivity contribution is -0.146. The second-order valence-corrected chi connectivity index (χ2v) is 3.99. The lowest BCUT2D eigenvalue weighted by Crippen LogP contribution is -2.47. The fraction of sp³-hybridized carbons (Fsp3) is 0.600. The number of carbonyl (C=O) groups is 1. The highest BCUT2D eigenvalue weighted by Crippen LogP contribution is 2.27. The molecule has 1 aliphatic carbocycles. The number of hydrogen-bond acceptors (Lipinski definition) is 3. The number of aryl methyl sites for hydroxylation is 1. The molecule has 1 heterocycles. The molecule has 5 nitrogen and oxygen atoms in total. The molecular formula is C10H15N3O2. The zero-order valence-corrected chi connectivity index (χ0v) is 8.68. The molecule has 1 aliphatic rings. The lowest BCUT2D eigenvalue weighted by atomic mass is 9.79. The molecule has 1 aromatic heterocycles. The summed E-state index contributed by atoms with van der Waals surface area (Å²) < 4.78 is 1.74. The monoisotopic (exact) mass is 209 g/mol. The Morgan fingerprint density at radius 3 is 3.00 bits per heavy atom. The van der Waals surface area contributed by atoms with Crippen molar-refractivity contribution in [3.05, 3.63) is 18.0 Å². The maximum Gasteiger partial charge on any atom is 0.308 e. The third kappa shape index (κ3) is 2.18. The molecule has 0 amide bonds. The van der Waals surface area contributed by atoms with E-state index < -0.39 is 5.97 Å². The molecule has 15 heavy (non-hydrogen) atoms. The van der Waals surface area contributed by atoms with Crippen molar-refractivity contribution in [2.24, 2.45) is 13.0 Å². The normalized spacial score (nSPS) is 24.9. The van der Waals surface area contributed by atoms with Crippen LogP contribution in [0.1, 0.15) is 18.5 Å². The highest BCUT2D eigenvalue weighted by molar-refractivity contribution is 5.72. The molecule has 0 radical (unpaired) electrons. The van der Waals surface area contributed by atoms with E-state index >= 15 is 0 Å². The van der Waals surface area contributed by atoms with Gasteiger partial charge in [0.1, 0.15) is 0 Å². The number of nitrogens with one attached hydrogen (secondary N) is 1. The fourth-order valence-corrected chi connectivity index (χ4v) is 1.83. The molecule has 2 unspecified atom stereocenters. The molecule has 0 aromatic carbocycles. The standard InChI is InChI=1S/C10H15N3O2/c1-13-5-4-7(12-13)6-11-9-3-2-8(9)10(14)15/h4-5,8-9,11H,2-3,6H2,1H3,(H,14,15). The first kappa shape index (κ1) is 10.2. The Balaban J connectivity index is 1.81. The highest BCUT2D eigenvalue weighted by atomic mass is 16.4. The minimum absolute atomic E-state index is 0.115. The van der Waals surface area contributed by atoms with E-state index in [9.17, 15) is 4.79 Å². The van der Waals surface area contributed by atoms with Crippen molar-refractivity contribution < 1.29 is 9.90 Å². The van der Waals surface area contributed by atoms with E-state index in [0.717, 1.165) is 18.5 Å². The number of hydrogen-bond donors (Lipinski definition) is 2. The summed E-state index contributed by atoms with van der Waals surface area (Å²) in [6.07, 6.45) is 3.62. The van der Waals surface area contributed by atoms with Gasteiger partial charge in [0.05, 0.1) is 11.6 Å². The molecule has 0 bridgehead atoms. The predicted molar refractivity (Wildman–Crippen MR) is 54.2 cm³/mol. The SMILES string of the molecule is Cn1ccc(CNC2CCC2C(=O)O)n1. The van der Waals surface area contributed by atoms with Crippen LogP contribution in [0.2, 0.25) is 0 Å². The molecule has 0 saturated heterocycles. The van der Waals surface area contributed by atoms with Crippen LogP contribution in [0.4, 0.5) is 0 Å². The summed E-state index contributed by atoms with van der Waals surface area (Å²) in [5.74, 6) is -0.909. The van der Waals surface area contributed by atoms with E-state index in [1.165, 1.54) is 0 Å². The van der Waals surface area contributed by atoms with Crippen molar-refractivity contribution in [1.82, 2.24) is 15.1 Å². The Bertz CT molecular complexity index is 361. The van der Waals surface area contributed by atoms with Gasteiger partial charge in [0.2, 0.25) is 0 Å². The number of nitrogens with zero attached hydrogens (tertiary/aromatic N) is 2. The zero-order chi connectivity index (χ0) is 10.8. The average Bonchev–Trinajstić information content (AvgIpc) is 2.48. The fourth-order valence-electron chi connectivity index (χ4n) is 1.83. The summed E-state index contributed by atoms with van der Waals surface area (Å²) in [6.45, 7) is 0.648. The van der Waals surface area contributed by atoms with Crippen LogP contribution in [0.3, 0.4) is 0 Å². The third-order valence-electron chi connectivity index (χ3n) is 2.91. The van der Waals surface area contributed by atoms with Gasteiger partial charge in [-0.2, -0.15) is 5.10 Å². The van der Waals surface area contributed by atoms with Gasteiger partial charge in [-0.3, -0.25) is 9.48 Å². The number of aromatic nitrogens is 2. The Morgan fingerprint density at radius 2 is 2.53 bits per heavy atom. The van der Waals surface area contributed by atoms with E-state index in [4.69, 9.17) is 5.11 Å². The van der Waals surface area contributed by atoms with Gasteiger partial charge in [0.25, 0.3) is 0 Å². The van der Waals surface area contributed by atoms with Gasteiger partial charge in [0, 0.05) is 25.8 Å². The minimum Gasteiger partial charge on any atom is -0.481 e. The molecule has 2 rings (SSSR count). The molecule has 2 N–H and O–H groups in total. The van der Waals surface area contributed by atoms with Crippen molar-refractivity contribution in [2.75, 3.05) is 0 Å². The molecule has 1 fully saturated rings. The Kier molecular flexibility index (Phi) is 2.73. The number of aliphatic carboxylic acids is 1. The van der Waals surface area contributed by atoms with Crippen molar-refractivity contribution in [3.8, 4) is 0 Å². The Hall–Kier alpha value is -1.36. The summed E-state index contributed by atoms with van der Waals surface area (Å²) >= 11 is 0. The lowest BCUT2D eigenvalue weighted by Gasteiger charge is -2.33.